The van der Waals surface area contributed by atoms with E-state index in [4.69, 9.17) is 0 Å². The third kappa shape index (κ3) is 1.96. The monoisotopic (exact) mass is 222 g/mol. The summed E-state index contributed by atoms with van der Waals surface area (Å²) in [7, 11) is 3.35. The van der Waals surface area contributed by atoms with Crippen LogP contribution in [0.5, 0.6) is 0 Å². The third-order valence-electron chi connectivity index (χ3n) is 2.69. The number of imide groups is 1. The Balaban J connectivity index is 1.92. The Hall–Kier alpha value is -1.69. The lowest BCUT2D eigenvalue weighted by Crippen LogP contribution is -2.36. The van der Waals surface area contributed by atoms with Gasteiger partial charge < -0.3 is 5.32 Å². The summed E-state index contributed by atoms with van der Waals surface area (Å²) in [5.41, 5.74) is 0.998. The number of likely N-dealkylation sites (N-methyl/N-ethyl adjacent to an activating group) is 1. The minimum atomic E-state index is -0.391. The van der Waals surface area contributed by atoms with Gasteiger partial charge in [0.15, 0.2) is 0 Å². The van der Waals surface area contributed by atoms with Crippen LogP contribution in [0.1, 0.15) is 12.0 Å². The molecule has 0 saturated carbocycles. The molecular formula is C10H14N4O2. The van der Waals surface area contributed by atoms with Gasteiger partial charge in [0, 0.05) is 32.4 Å². The zero-order valence-corrected chi connectivity index (χ0v) is 9.30. The molecule has 16 heavy (non-hydrogen) atoms. The highest BCUT2D eigenvalue weighted by molar-refractivity contribution is 6.05. The summed E-state index contributed by atoms with van der Waals surface area (Å²) in [5.74, 6) is -0.289. The van der Waals surface area contributed by atoms with Gasteiger partial charge in [-0.05, 0) is 0 Å². The molecule has 1 unspecified atom stereocenters. The second-order valence-electron chi connectivity index (χ2n) is 3.95. The number of nitrogens with one attached hydrogen (secondary N) is 1. The number of aromatic nitrogens is 2. The molecule has 0 radical (unpaired) electrons. The number of likely N-dealkylation sites (tertiary alicyclic amines) is 1. The Bertz CT molecular complexity index is 426. The Kier molecular flexibility index (Phi) is 2.74. The lowest BCUT2D eigenvalue weighted by Gasteiger charge is -2.09. The van der Waals surface area contributed by atoms with Crippen molar-refractivity contribution in [2.75, 3.05) is 7.05 Å². The Morgan fingerprint density at radius 1 is 1.50 bits per heavy atom. The molecular weight excluding hydrogens is 208 g/mol. The zero-order chi connectivity index (χ0) is 11.7. The molecule has 2 rings (SSSR count). The van der Waals surface area contributed by atoms with Crippen LogP contribution in [0.25, 0.3) is 0 Å². The number of aryl methyl sites for hydroxylation is 1. The van der Waals surface area contributed by atoms with Gasteiger partial charge in [0.25, 0.3) is 0 Å². The summed E-state index contributed by atoms with van der Waals surface area (Å²) in [6, 6.07) is -0.391. The van der Waals surface area contributed by atoms with Gasteiger partial charge in [-0.25, -0.2) is 0 Å². The van der Waals surface area contributed by atoms with Crippen LogP contribution in [-0.4, -0.2) is 39.6 Å². The van der Waals surface area contributed by atoms with Crippen molar-refractivity contribution in [1.82, 2.24) is 20.0 Å². The van der Waals surface area contributed by atoms with E-state index in [2.05, 4.69) is 10.4 Å². The maximum absolute atomic E-state index is 11.6. The van der Waals surface area contributed by atoms with Gasteiger partial charge in [-0.3, -0.25) is 19.2 Å². The van der Waals surface area contributed by atoms with Gasteiger partial charge >= 0.3 is 0 Å². The second kappa shape index (κ2) is 4.05. The van der Waals surface area contributed by atoms with Crippen molar-refractivity contribution in [3.8, 4) is 0 Å². The summed E-state index contributed by atoms with van der Waals surface area (Å²) in [6.07, 6.45) is 3.85. The molecule has 86 valence electrons. The van der Waals surface area contributed by atoms with E-state index in [-0.39, 0.29) is 18.2 Å². The molecule has 0 bridgehead atoms. The minimum absolute atomic E-state index is 0.131. The third-order valence-corrected chi connectivity index (χ3v) is 2.69. The highest BCUT2D eigenvalue weighted by Gasteiger charge is 2.35. The first-order valence-electron chi connectivity index (χ1n) is 5.09. The lowest BCUT2D eigenvalue weighted by molar-refractivity contribution is -0.137. The first-order chi connectivity index (χ1) is 7.58. The van der Waals surface area contributed by atoms with Crippen LogP contribution in [0.2, 0.25) is 0 Å². The van der Waals surface area contributed by atoms with Crippen molar-refractivity contribution in [1.29, 1.82) is 0 Å². The van der Waals surface area contributed by atoms with E-state index < -0.39 is 6.04 Å². The van der Waals surface area contributed by atoms with E-state index in [1.54, 1.807) is 10.9 Å². The highest BCUT2D eigenvalue weighted by atomic mass is 16.2. The van der Waals surface area contributed by atoms with Crippen molar-refractivity contribution in [2.45, 2.75) is 19.0 Å². The molecule has 1 aromatic rings. The first kappa shape index (κ1) is 10.8. The highest BCUT2D eigenvalue weighted by Crippen LogP contribution is 2.11. The van der Waals surface area contributed by atoms with E-state index >= 15 is 0 Å². The maximum Gasteiger partial charge on any atom is 0.246 e. The summed E-state index contributed by atoms with van der Waals surface area (Å²) >= 11 is 0. The molecule has 1 aromatic heterocycles. The molecule has 6 nitrogen and oxygen atoms in total. The average Bonchev–Trinajstić information content (AvgIpc) is 2.76. The molecule has 1 N–H and O–H groups in total. The molecule has 0 aliphatic carbocycles. The predicted molar refractivity (Wildman–Crippen MR) is 56.2 cm³/mol. The average molecular weight is 222 g/mol. The van der Waals surface area contributed by atoms with Crippen LogP contribution in [0.15, 0.2) is 12.4 Å². The zero-order valence-electron chi connectivity index (χ0n) is 9.30. The topological polar surface area (TPSA) is 67.2 Å². The molecule has 2 heterocycles. The second-order valence-corrected chi connectivity index (χ2v) is 3.95. The van der Waals surface area contributed by atoms with Crippen molar-refractivity contribution < 1.29 is 9.59 Å². The van der Waals surface area contributed by atoms with E-state index in [1.807, 2.05) is 13.2 Å². The molecule has 0 spiro atoms. The fourth-order valence-corrected chi connectivity index (χ4v) is 1.72. The number of nitrogens with zero attached hydrogens (tertiary/aromatic N) is 3. The molecule has 1 fully saturated rings. The van der Waals surface area contributed by atoms with Gasteiger partial charge in [-0.2, -0.15) is 5.10 Å². The first-order valence-corrected chi connectivity index (χ1v) is 5.09. The van der Waals surface area contributed by atoms with Crippen LogP contribution in [0.3, 0.4) is 0 Å². The number of hydrogen-bond donors (Lipinski definition) is 1. The van der Waals surface area contributed by atoms with E-state index in [0.29, 0.717) is 6.54 Å². The maximum atomic E-state index is 11.6. The molecule has 1 aliphatic rings. The molecule has 6 heteroatoms. The van der Waals surface area contributed by atoms with Gasteiger partial charge in [0.1, 0.15) is 0 Å². The number of hydrogen-bond acceptors (Lipinski definition) is 4. The van der Waals surface area contributed by atoms with E-state index in [0.717, 1.165) is 5.56 Å². The van der Waals surface area contributed by atoms with Crippen LogP contribution in [-0.2, 0) is 23.2 Å². The number of rotatable bonds is 3. The fourth-order valence-electron chi connectivity index (χ4n) is 1.72. The lowest BCUT2D eigenvalue weighted by atomic mass is 10.2. The Labute approximate surface area is 93.2 Å². The normalized spacial score (nSPS) is 20.9. The summed E-state index contributed by atoms with van der Waals surface area (Å²) in [5, 5.41) is 7.08. The van der Waals surface area contributed by atoms with Crippen LogP contribution in [0, 0.1) is 0 Å². The van der Waals surface area contributed by atoms with Crippen molar-refractivity contribution >= 4 is 11.8 Å². The summed E-state index contributed by atoms with van der Waals surface area (Å²) in [4.78, 5) is 24.0. The standard InChI is InChI=1S/C10H14N4O2/c1-13-6-7(5-12-13)4-11-8-3-9(15)14(2)10(8)16/h5-6,8,11H,3-4H2,1-2H3. The SMILES string of the molecule is CN1C(=O)CC(NCc2cnn(C)c2)C1=O. The van der Waals surface area contributed by atoms with Gasteiger partial charge in [-0.15, -0.1) is 0 Å². The van der Waals surface area contributed by atoms with Gasteiger partial charge in [0.2, 0.25) is 11.8 Å². The van der Waals surface area contributed by atoms with E-state index in [9.17, 15) is 9.59 Å². The molecule has 1 aliphatic heterocycles. The molecule has 0 aromatic carbocycles. The summed E-state index contributed by atoms with van der Waals surface area (Å²) < 4.78 is 1.70. The van der Waals surface area contributed by atoms with Crippen molar-refractivity contribution in [2.24, 2.45) is 7.05 Å². The fraction of sp³-hybridized carbons (Fsp3) is 0.500. The van der Waals surface area contributed by atoms with Crippen LogP contribution in [0.4, 0.5) is 0 Å². The predicted octanol–water partition coefficient (Wildman–Crippen LogP) is -0.733. The Morgan fingerprint density at radius 2 is 2.25 bits per heavy atom. The van der Waals surface area contributed by atoms with Gasteiger partial charge in [0.05, 0.1) is 18.7 Å². The van der Waals surface area contributed by atoms with Crippen LogP contribution >= 0.6 is 0 Å². The van der Waals surface area contributed by atoms with Crippen molar-refractivity contribution in [3.05, 3.63) is 18.0 Å². The van der Waals surface area contributed by atoms with E-state index in [1.165, 1.54) is 11.9 Å². The number of amides is 2. The quantitative estimate of drug-likeness (QED) is 0.684. The van der Waals surface area contributed by atoms with Gasteiger partial charge in [-0.1, -0.05) is 0 Å². The molecule has 2 amide bonds. The van der Waals surface area contributed by atoms with Crippen LogP contribution < -0.4 is 5.32 Å². The summed E-state index contributed by atoms with van der Waals surface area (Å²) in [6.45, 7) is 0.547. The Morgan fingerprint density at radius 3 is 2.75 bits per heavy atom. The largest absolute Gasteiger partial charge is 0.301 e. The minimum Gasteiger partial charge on any atom is -0.301 e. The number of carbonyl (C=O) groups excluding carboxylic acids is 2. The smallest absolute Gasteiger partial charge is 0.246 e. The molecule has 1 saturated heterocycles. The molecule has 1 atom stereocenters. The van der Waals surface area contributed by atoms with Crippen molar-refractivity contribution in [3.63, 3.8) is 0 Å². The number of carbonyl (C=O) groups is 2.